The Labute approximate surface area is 123 Å². The van der Waals surface area contributed by atoms with Crippen molar-refractivity contribution in [3.63, 3.8) is 0 Å². The summed E-state index contributed by atoms with van der Waals surface area (Å²) in [6.07, 6.45) is 9.36. The van der Waals surface area contributed by atoms with Crippen LogP contribution in [-0.4, -0.2) is 42.1 Å². The number of hydrogen-bond donors (Lipinski definition) is 0. The monoisotopic (exact) mass is 273 g/mol. The zero-order chi connectivity index (χ0) is 14.0. The van der Waals surface area contributed by atoms with Gasteiger partial charge < -0.3 is 9.80 Å². The molecule has 1 aromatic rings. The molecule has 1 aromatic heterocycles. The van der Waals surface area contributed by atoms with Crippen molar-refractivity contribution < 1.29 is 0 Å². The molecule has 0 bridgehead atoms. The molecule has 0 aromatic carbocycles. The Morgan fingerprint density at radius 2 is 1.70 bits per heavy atom. The first-order valence-electron chi connectivity index (χ1n) is 8.08. The van der Waals surface area contributed by atoms with Crippen LogP contribution < -0.4 is 4.90 Å². The minimum Gasteiger partial charge on any atom is -0.370 e. The van der Waals surface area contributed by atoms with E-state index >= 15 is 0 Å². The van der Waals surface area contributed by atoms with E-state index in [1.165, 1.54) is 57.5 Å². The van der Waals surface area contributed by atoms with Crippen LogP contribution in [0.4, 0.5) is 5.69 Å². The van der Waals surface area contributed by atoms with Gasteiger partial charge in [-0.2, -0.15) is 0 Å². The lowest BCUT2D eigenvalue weighted by Gasteiger charge is -2.48. The molecular weight excluding hydrogens is 246 g/mol. The predicted octanol–water partition coefficient (Wildman–Crippen LogP) is 3.17. The fourth-order valence-electron chi connectivity index (χ4n) is 3.79. The highest BCUT2D eigenvalue weighted by Gasteiger charge is 2.37. The van der Waals surface area contributed by atoms with Gasteiger partial charge in [0.15, 0.2) is 0 Å². The smallest absolute Gasteiger partial charge is 0.0552 e. The standard InChI is InChI=1S/C17H27N3/c1-15(2)19-10-5-17(6-11-19)7-12-20(13-8-17)16-4-3-9-18-14-16/h3-4,9,14-15H,5-8,10-13H2,1-2H3. The van der Waals surface area contributed by atoms with Crippen LogP contribution in [0.15, 0.2) is 24.5 Å². The number of nitrogens with zero attached hydrogens (tertiary/aromatic N) is 3. The molecule has 0 amide bonds. The summed E-state index contributed by atoms with van der Waals surface area (Å²) in [5.74, 6) is 0. The lowest BCUT2D eigenvalue weighted by molar-refractivity contribution is 0.0632. The van der Waals surface area contributed by atoms with Gasteiger partial charge >= 0.3 is 0 Å². The summed E-state index contributed by atoms with van der Waals surface area (Å²) in [6, 6.07) is 4.94. The third-order valence-electron chi connectivity index (χ3n) is 5.42. The summed E-state index contributed by atoms with van der Waals surface area (Å²) >= 11 is 0. The highest BCUT2D eigenvalue weighted by atomic mass is 15.2. The second kappa shape index (κ2) is 5.72. The zero-order valence-corrected chi connectivity index (χ0v) is 12.9. The number of hydrogen-bond acceptors (Lipinski definition) is 3. The van der Waals surface area contributed by atoms with Gasteiger partial charge in [-0.25, -0.2) is 0 Å². The summed E-state index contributed by atoms with van der Waals surface area (Å²) in [5.41, 5.74) is 1.92. The predicted molar refractivity (Wildman–Crippen MR) is 84.1 cm³/mol. The van der Waals surface area contributed by atoms with E-state index in [2.05, 4.69) is 34.7 Å². The van der Waals surface area contributed by atoms with Crippen molar-refractivity contribution in [1.82, 2.24) is 9.88 Å². The number of rotatable bonds is 2. The molecule has 0 aliphatic carbocycles. The second-order valence-corrected chi connectivity index (χ2v) is 6.83. The van der Waals surface area contributed by atoms with Crippen LogP contribution >= 0.6 is 0 Å². The van der Waals surface area contributed by atoms with Crippen LogP contribution in [0.2, 0.25) is 0 Å². The van der Waals surface area contributed by atoms with Crippen molar-refractivity contribution in [3.05, 3.63) is 24.5 Å². The van der Waals surface area contributed by atoms with E-state index in [1.54, 1.807) is 0 Å². The molecule has 0 unspecified atom stereocenters. The minimum absolute atomic E-state index is 0.629. The number of pyridine rings is 1. The van der Waals surface area contributed by atoms with Gasteiger partial charge in [0.1, 0.15) is 0 Å². The first-order chi connectivity index (χ1) is 9.69. The van der Waals surface area contributed by atoms with Crippen LogP contribution in [0, 0.1) is 5.41 Å². The second-order valence-electron chi connectivity index (χ2n) is 6.83. The minimum atomic E-state index is 0.629. The van der Waals surface area contributed by atoms with Gasteiger partial charge in [0.2, 0.25) is 0 Å². The largest absolute Gasteiger partial charge is 0.370 e. The molecular formula is C17H27N3. The fraction of sp³-hybridized carbons (Fsp3) is 0.706. The Morgan fingerprint density at radius 1 is 1.05 bits per heavy atom. The van der Waals surface area contributed by atoms with E-state index in [-0.39, 0.29) is 0 Å². The zero-order valence-electron chi connectivity index (χ0n) is 12.9. The van der Waals surface area contributed by atoms with E-state index < -0.39 is 0 Å². The van der Waals surface area contributed by atoms with Crippen molar-refractivity contribution in [2.75, 3.05) is 31.1 Å². The maximum atomic E-state index is 4.24. The third kappa shape index (κ3) is 2.83. The first-order valence-corrected chi connectivity index (χ1v) is 8.08. The van der Waals surface area contributed by atoms with Gasteiger partial charge in [-0.05, 0) is 70.2 Å². The van der Waals surface area contributed by atoms with Gasteiger partial charge in [0.05, 0.1) is 11.9 Å². The van der Waals surface area contributed by atoms with Crippen molar-refractivity contribution in [1.29, 1.82) is 0 Å². The number of aromatic nitrogens is 1. The van der Waals surface area contributed by atoms with Crippen molar-refractivity contribution in [3.8, 4) is 0 Å². The lowest BCUT2D eigenvalue weighted by Crippen LogP contribution is -2.48. The van der Waals surface area contributed by atoms with Crippen LogP contribution in [0.5, 0.6) is 0 Å². The van der Waals surface area contributed by atoms with E-state index in [0.29, 0.717) is 11.5 Å². The highest BCUT2D eigenvalue weighted by molar-refractivity contribution is 5.44. The Balaban J connectivity index is 1.57. The number of likely N-dealkylation sites (tertiary alicyclic amines) is 1. The number of anilines is 1. The highest BCUT2D eigenvalue weighted by Crippen LogP contribution is 2.42. The maximum Gasteiger partial charge on any atom is 0.0552 e. The van der Waals surface area contributed by atoms with E-state index in [0.717, 1.165) is 0 Å². The van der Waals surface area contributed by atoms with Gasteiger partial charge in [0.25, 0.3) is 0 Å². The van der Waals surface area contributed by atoms with E-state index in [9.17, 15) is 0 Å². The Kier molecular flexibility index (Phi) is 3.97. The van der Waals surface area contributed by atoms with E-state index in [4.69, 9.17) is 0 Å². The molecule has 2 fully saturated rings. The molecule has 2 aliphatic rings. The molecule has 3 heterocycles. The molecule has 3 rings (SSSR count). The van der Waals surface area contributed by atoms with E-state index in [1.807, 2.05) is 18.5 Å². The van der Waals surface area contributed by atoms with Gasteiger partial charge in [0, 0.05) is 25.3 Å². The van der Waals surface area contributed by atoms with Crippen LogP contribution in [0.25, 0.3) is 0 Å². The van der Waals surface area contributed by atoms with Gasteiger partial charge in [-0.1, -0.05) is 0 Å². The Bertz CT molecular complexity index is 411. The lowest BCUT2D eigenvalue weighted by atomic mass is 9.71. The molecule has 20 heavy (non-hydrogen) atoms. The fourth-order valence-corrected chi connectivity index (χ4v) is 3.79. The first kappa shape index (κ1) is 13.9. The van der Waals surface area contributed by atoms with Crippen LogP contribution in [0.1, 0.15) is 39.5 Å². The quantitative estimate of drug-likeness (QED) is 0.825. The summed E-state index contributed by atoms with van der Waals surface area (Å²) in [5, 5.41) is 0. The average molecular weight is 273 g/mol. The van der Waals surface area contributed by atoms with Crippen LogP contribution in [-0.2, 0) is 0 Å². The molecule has 110 valence electrons. The average Bonchev–Trinajstić information content (AvgIpc) is 2.49. The maximum absolute atomic E-state index is 4.24. The molecule has 0 saturated carbocycles. The summed E-state index contributed by atoms with van der Waals surface area (Å²) < 4.78 is 0. The van der Waals surface area contributed by atoms with Crippen molar-refractivity contribution in [2.24, 2.45) is 5.41 Å². The molecule has 0 N–H and O–H groups in total. The molecule has 2 aliphatic heterocycles. The Morgan fingerprint density at radius 3 is 2.25 bits per heavy atom. The van der Waals surface area contributed by atoms with Crippen LogP contribution in [0.3, 0.4) is 0 Å². The molecule has 3 nitrogen and oxygen atoms in total. The normalized spacial score (nSPS) is 23.4. The molecule has 0 radical (unpaired) electrons. The summed E-state index contributed by atoms with van der Waals surface area (Å²) in [6.45, 7) is 9.64. The van der Waals surface area contributed by atoms with Gasteiger partial charge in [-0.3, -0.25) is 4.98 Å². The Hall–Kier alpha value is -1.09. The molecule has 1 spiro atoms. The summed E-state index contributed by atoms with van der Waals surface area (Å²) in [4.78, 5) is 9.39. The van der Waals surface area contributed by atoms with Crippen molar-refractivity contribution in [2.45, 2.75) is 45.6 Å². The molecule has 2 saturated heterocycles. The van der Waals surface area contributed by atoms with Crippen molar-refractivity contribution >= 4 is 5.69 Å². The number of piperidine rings is 2. The van der Waals surface area contributed by atoms with Gasteiger partial charge in [-0.15, -0.1) is 0 Å². The SMILES string of the molecule is CC(C)N1CCC2(CCN(c3cccnc3)CC2)CC1. The third-order valence-corrected chi connectivity index (χ3v) is 5.42. The molecule has 3 heteroatoms. The topological polar surface area (TPSA) is 19.4 Å². The molecule has 0 atom stereocenters. The summed E-state index contributed by atoms with van der Waals surface area (Å²) in [7, 11) is 0.